The van der Waals surface area contributed by atoms with Gasteiger partial charge in [0.05, 0.1) is 18.3 Å². The summed E-state index contributed by atoms with van der Waals surface area (Å²) >= 11 is 0. The van der Waals surface area contributed by atoms with Crippen LogP contribution in [0.1, 0.15) is 24.2 Å². The van der Waals surface area contributed by atoms with E-state index in [-0.39, 0.29) is 17.3 Å². The highest BCUT2D eigenvalue weighted by atomic mass is 16.5. The first-order valence-corrected chi connectivity index (χ1v) is 6.16. The molecule has 0 radical (unpaired) electrons. The van der Waals surface area contributed by atoms with Crippen molar-refractivity contribution in [1.82, 2.24) is 5.32 Å². The van der Waals surface area contributed by atoms with Crippen LogP contribution in [-0.2, 0) is 4.74 Å². The predicted molar refractivity (Wildman–Crippen MR) is 73.2 cm³/mol. The molecule has 0 saturated heterocycles. The molecule has 1 aromatic rings. The Morgan fingerprint density at radius 3 is 2.70 bits per heavy atom. The molecular weight excluding hydrogens is 264 g/mol. The van der Waals surface area contributed by atoms with Gasteiger partial charge >= 0.3 is 12.0 Å². The molecule has 1 aromatic carbocycles. The zero-order valence-electron chi connectivity index (χ0n) is 11.3. The van der Waals surface area contributed by atoms with Crippen molar-refractivity contribution >= 4 is 17.7 Å². The Balaban J connectivity index is 2.67. The topological polar surface area (TPSA) is 108 Å². The maximum Gasteiger partial charge on any atom is 0.339 e. The molecule has 2 amide bonds. The van der Waals surface area contributed by atoms with E-state index >= 15 is 0 Å². The van der Waals surface area contributed by atoms with Crippen molar-refractivity contribution < 1.29 is 24.5 Å². The van der Waals surface area contributed by atoms with E-state index in [0.717, 1.165) is 0 Å². The number of para-hydroxylation sites is 1. The maximum atomic E-state index is 11.7. The van der Waals surface area contributed by atoms with Crippen molar-refractivity contribution in [2.75, 3.05) is 18.5 Å². The van der Waals surface area contributed by atoms with Gasteiger partial charge in [-0.25, -0.2) is 9.59 Å². The van der Waals surface area contributed by atoms with Crippen LogP contribution in [0, 0.1) is 0 Å². The normalized spacial score (nSPS) is 11.7. The van der Waals surface area contributed by atoms with Gasteiger partial charge in [-0.2, -0.15) is 0 Å². The Hall–Kier alpha value is -2.28. The Morgan fingerprint density at radius 1 is 1.40 bits per heavy atom. The fraction of sp³-hybridized carbons (Fsp3) is 0.385. The standard InChI is InChI=1S/C13H18N2O5/c1-3-20-7-8(2)14-13(19)15-10-6-4-5-9(11(10)16)12(17)18/h4-6,8,16H,3,7H2,1-2H3,(H,17,18)(H2,14,15,19). The second-order valence-electron chi connectivity index (χ2n) is 4.17. The Morgan fingerprint density at radius 2 is 2.10 bits per heavy atom. The van der Waals surface area contributed by atoms with Crippen molar-refractivity contribution in [1.29, 1.82) is 0 Å². The number of rotatable bonds is 6. The quantitative estimate of drug-likeness (QED) is 0.593. The van der Waals surface area contributed by atoms with Crippen molar-refractivity contribution in [3.63, 3.8) is 0 Å². The number of carbonyl (C=O) groups is 2. The monoisotopic (exact) mass is 282 g/mol. The van der Waals surface area contributed by atoms with Gasteiger partial charge in [0.25, 0.3) is 0 Å². The molecule has 0 aliphatic heterocycles. The number of carboxylic acid groups (broad SMARTS) is 1. The summed E-state index contributed by atoms with van der Waals surface area (Å²) in [4.78, 5) is 22.5. The molecule has 110 valence electrons. The average Bonchev–Trinajstić information content (AvgIpc) is 2.38. The van der Waals surface area contributed by atoms with Crippen LogP contribution in [0.15, 0.2) is 18.2 Å². The molecule has 1 unspecified atom stereocenters. The molecule has 7 heteroatoms. The van der Waals surface area contributed by atoms with Crippen LogP contribution in [0.3, 0.4) is 0 Å². The molecule has 0 aliphatic carbocycles. The highest BCUT2D eigenvalue weighted by molar-refractivity contribution is 5.97. The van der Waals surface area contributed by atoms with Gasteiger partial charge in [-0.15, -0.1) is 0 Å². The van der Waals surface area contributed by atoms with Gasteiger partial charge in [-0.1, -0.05) is 6.07 Å². The number of phenols is 1. The lowest BCUT2D eigenvalue weighted by Crippen LogP contribution is -2.38. The SMILES string of the molecule is CCOCC(C)NC(=O)Nc1cccc(C(=O)O)c1O. The number of hydrogen-bond donors (Lipinski definition) is 4. The van der Waals surface area contributed by atoms with E-state index in [1.54, 1.807) is 6.92 Å². The number of hydrogen-bond acceptors (Lipinski definition) is 4. The molecule has 1 atom stereocenters. The lowest BCUT2D eigenvalue weighted by atomic mass is 10.1. The van der Waals surface area contributed by atoms with Crippen LogP contribution < -0.4 is 10.6 Å². The van der Waals surface area contributed by atoms with Gasteiger partial charge in [-0.3, -0.25) is 0 Å². The minimum absolute atomic E-state index is 0.0333. The molecular formula is C13H18N2O5. The molecule has 7 nitrogen and oxygen atoms in total. The maximum absolute atomic E-state index is 11.7. The van der Waals surface area contributed by atoms with E-state index < -0.39 is 17.7 Å². The van der Waals surface area contributed by atoms with Gasteiger partial charge < -0.3 is 25.6 Å². The smallest absolute Gasteiger partial charge is 0.339 e. The Bertz CT molecular complexity index is 490. The molecule has 0 saturated carbocycles. The Kier molecular flexibility index (Phi) is 5.79. The minimum Gasteiger partial charge on any atom is -0.505 e. The second-order valence-corrected chi connectivity index (χ2v) is 4.17. The number of carbonyl (C=O) groups excluding carboxylic acids is 1. The van der Waals surface area contributed by atoms with E-state index in [0.29, 0.717) is 13.2 Å². The summed E-state index contributed by atoms with van der Waals surface area (Å²) in [5.41, 5.74) is -0.240. The Labute approximate surface area is 116 Å². The number of ether oxygens (including phenoxy) is 1. The first kappa shape index (κ1) is 15.8. The van der Waals surface area contributed by atoms with E-state index in [1.165, 1.54) is 18.2 Å². The second kappa shape index (κ2) is 7.34. The fourth-order valence-electron chi connectivity index (χ4n) is 1.54. The van der Waals surface area contributed by atoms with Crippen LogP contribution in [0.5, 0.6) is 5.75 Å². The number of nitrogens with one attached hydrogen (secondary N) is 2. The van der Waals surface area contributed by atoms with Crippen LogP contribution in [0.2, 0.25) is 0 Å². The summed E-state index contributed by atoms with van der Waals surface area (Å²) in [5.74, 6) is -1.75. The van der Waals surface area contributed by atoms with E-state index in [9.17, 15) is 14.7 Å². The summed E-state index contributed by atoms with van der Waals surface area (Å²) in [5, 5.41) is 23.6. The number of aromatic carboxylic acids is 1. The van der Waals surface area contributed by atoms with Crippen molar-refractivity contribution in [2.24, 2.45) is 0 Å². The lowest BCUT2D eigenvalue weighted by Gasteiger charge is -2.15. The highest BCUT2D eigenvalue weighted by Crippen LogP contribution is 2.27. The molecule has 0 aliphatic rings. The van der Waals surface area contributed by atoms with Crippen molar-refractivity contribution in [3.8, 4) is 5.75 Å². The number of urea groups is 1. The van der Waals surface area contributed by atoms with Gasteiger partial charge in [0, 0.05) is 6.61 Å². The number of benzene rings is 1. The summed E-state index contributed by atoms with van der Waals surface area (Å²) in [6.45, 7) is 4.53. The summed E-state index contributed by atoms with van der Waals surface area (Å²) in [6.07, 6.45) is 0. The average molecular weight is 282 g/mol. The zero-order chi connectivity index (χ0) is 15.1. The molecule has 0 fully saturated rings. The van der Waals surface area contributed by atoms with Crippen LogP contribution in [0.25, 0.3) is 0 Å². The minimum atomic E-state index is -1.27. The van der Waals surface area contributed by atoms with Gasteiger partial charge in [0.15, 0.2) is 5.75 Å². The molecule has 0 aromatic heterocycles. The number of carboxylic acids is 1. The first-order chi connectivity index (χ1) is 9.45. The first-order valence-electron chi connectivity index (χ1n) is 6.16. The number of aromatic hydroxyl groups is 1. The largest absolute Gasteiger partial charge is 0.505 e. The summed E-state index contributed by atoms with van der Waals surface area (Å²) < 4.78 is 5.15. The van der Waals surface area contributed by atoms with Crippen molar-refractivity contribution in [2.45, 2.75) is 19.9 Å². The van der Waals surface area contributed by atoms with Crippen LogP contribution in [-0.4, -0.2) is 41.5 Å². The third-order valence-corrected chi connectivity index (χ3v) is 2.46. The number of anilines is 1. The summed E-state index contributed by atoms with van der Waals surface area (Å²) in [7, 11) is 0. The molecule has 0 heterocycles. The molecule has 1 rings (SSSR count). The predicted octanol–water partition coefficient (Wildman–Crippen LogP) is 1.64. The third kappa shape index (κ3) is 4.43. The van der Waals surface area contributed by atoms with Gasteiger partial charge in [0.1, 0.15) is 5.56 Å². The fourth-order valence-corrected chi connectivity index (χ4v) is 1.54. The van der Waals surface area contributed by atoms with E-state index in [4.69, 9.17) is 9.84 Å². The highest BCUT2D eigenvalue weighted by Gasteiger charge is 2.15. The number of amides is 2. The summed E-state index contributed by atoms with van der Waals surface area (Å²) in [6, 6.07) is 3.34. The van der Waals surface area contributed by atoms with Crippen molar-refractivity contribution in [3.05, 3.63) is 23.8 Å². The molecule has 20 heavy (non-hydrogen) atoms. The van der Waals surface area contributed by atoms with E-state index in [1.807, 2.05) is 6.92 Å². The third-order valence-electron chi connectivity index (χ3n) is 2.46. The lowest BCUT2D eigenvalue weighted by molar-refractivity contribution is 0.0693. The van der Waals surface area contributed by atoms with Gasteiger partial charge in [0.2, 0.25) is 0 Å². The van der Waals surface area contributed by atoms with Gasteiger partial charge in [-0.05, 0) is 26.0 Å². The zero-order valence-corrected chi connectivity index (χ0v) is 11.3. The molecule has 0 bridgehead atoms. The van der Waals surface area contributed by atoms with E-state index in [2.05, 4.69) is 10.6 Å². The van der Waals surface area contributed by atoms with Crippen LogP contribution >= 0.6 is 0 Å². The molecule has 4 N–H and O–H groups in total. The van der Waals surface area contributed by atoms with Crippen LogP contribution in [0.4, 0.5) is 10.5 Å². The molecule has 0 spiro atoms.